The highest BCUT2D eigenvalue weighted by Gasteiger charge is 2.20. The van der Waals surface area contributed by atoms with Crippen LogP contribution < -0.4 is 0 Å². The molecule has 2 nitrogen and oxygen atoms in total. The molecule has 0 radical (unpaired) electrons. The Kier molecular flexibility index (Phi) is 7.15. The normalized spacial score (nSPS) is 12.0. The van der Waals surface area contributed by atoms with E-state index in [0.717, 1.165) is 54.3 Å². The van der Waals surface area contributed by atoms with Gasteiger partial charge in [0.2, 0.25) is 0 Å². The Labute approximate surface area is 261 Å². The van der Waals surface area contributed by atoms with Crippen LogP contribution in [0.4, 0.5) is 10.1 Å². The molecule has 1 heterocycles. The molecule has 7 aromatic rings. The Balaban J connectivity index is 1.35. The number of thiazole rings is 1. The molecule has 0 amide bonds. The summed E-state index contributed by atoms with van der Waals surface area (Å²) in [6.45, 7) is 6.73. The summed E-state index contributed by atoms with van der Waals surface area (Å²) in [7, 11) is 0. The fourth-order valence-corrected chi connectivity index (χ4v) is 6.64. The van der Waals surface area contributed by atoms with Gasteiger partial charge in [-0.1, -0.05) is 106 Å². The molecular formula is C40H31FN2S. The van der Waals surface area contributed by atoms with Crippen LogP contribution in [0.15, 0.2) is 132 Å². The minimum atomic E-state index is -0.235. The van der Waals surface area contributed by atoms with E-state index in [0.29, 0.717) is 0 Å². The van der Waals surface area contributed by atoms with Crippen molar-refractivity contribution in [2.45, 2.75) is 26.2 Å². The molecule has 4 heteroatoms. The van der Waals surface area contributed by atoms with Crippen LogP contribution in [0.25, 0.3) is 53.8 Å². The summed E-state index contributed by atoms with van der Waals surface area (Å²) in [5, 5.41) is 3.31. The summed E-state index contributed by atoms with van der Waals surface area (Å²) in [5.74, 6) is -0.235. The number of aliphatic imine (C=N–C) groups is 1. The Morgan fingerprint density at radius 3 is 2.25 bits per heavy atom. The zero-order chi connectivity index (χ0) is 30.3. The van der Waals surface area contributed by atoms with Gasteiger partial charge in [0.05, 0.1) is 15.9 Å². The van der Waals surface area contributed by atoms with Crippen molar-refractivity contribution in [3.63, 3.8) is 0 Å². The highest BCUT2D eigenvalue weighted by Crippen LogP contribution is 2.42. The highest BCUT2D eigenvalue weighted by molar-refractivity contribution is 7.21. The minimum absolute atomic E-state index is 0.0394. The lowest BCUT2D eigenvalue weighted by molar-refractivity contribution is 0.591. The first-order valence-electron chi connectivity index (χ1n) is 14.8. The van der Waals surface area contributed by atoms with E-state index in [1.54, 1.807) is 11.3 Å². The van der Waals surface area contributed by atoms with Crippen molar-refractivity contribution in [2.24, 2.45) is 4.99 Å². The first-order chi connectivity index (χ1) is 21.3. The maximum absolute atomic E-state index is 13.6. The summed E-state index contributed by atoms with van der Waals surface area (Å²) >= 11 is 1.70. The standard InChI is InChI=1S/C40H31FN2S/c1-40(2,3)31-23-35(29-13-9-12-28(22-29)26-18-20-32(41)21-19-26)38-37(24-31)44-39(43-38)34-16-6-7-17-36(34)42-25-30-14-8-11-27-10-4-5-15-33(27)30/h4-25H,1-3H3. The van der Waals surface area contributed by atoms with E-state index in [2.05, 4.69) is 112 Å². The molecule has 1 aromatic heterocycles. The molecule has 214 valence electrons. The van der Waals surface area contributed by atoms with Crippen LogP contribution >= 0.6 is 11.3 Å². The second-order valence-electron chi connectivity index (χ2n) is 12.1. The molecule has 0 saturated heterocycles. The van der Waals surface area contributed by atoms with Crippen LogP contribution in [-0.2, 0) is 5.41 Å². The van der Waals surface area contributed by atoms with E-state index in [4.69, 9.17) is 9.98 Å². The second-order valence-corrected chi connectivity index (χ2v) is 13.1. The first kappa shape index (κ1) is 27.9. The maximum Gasteiger partial charge on any atom is 0.126 e. The minimum Gasteiger partial charge on any atom is -0.256 e. The predicted octanol–water partition coefficient (Wildman–Crippen LogP) is 11.6. The van der Waals surface area contributed by atoms with Gasteiger partial charge in [-0.05, 0) is 80.9 Å². The monoisotopic (exact) mass is 590 g/mol. The number of nitrogens with zero attached hydrogens (tertiary/aromatic N) is 2. The molecule has 0 bridgehead atoms. The van der Waals surface area contributed by atoms with Gasteiger partial charge in [0, 0.05) is 22.9 Å². The number of hydrogen-bond acceptors (Lipinski definition) is 3. The third-order valence-electron chi connectivity index (χ3n) is 8.01. The van der Waals surface area contributed by atoms with E-state index in [-0.39, 0.29) is 11.2 Å². The summed E-state index contributed by atoms with van der Waals surface area (Å²) in [6.07, 6.45) is 1.96. The topological polar surface area (TPSA) is 25.2 Å². The molecular weight excluding hydrogens is 560 g/mol. The van der Waals surface area contributed by atoms with Gasteiger partial charge in [-0.3, -0.25) is 4.99 Å². The van der Waals surface area contributed by atoms with E-state index in [9.17, 15) is 4.39 Å². The SMILES string of the molecule is CC(C)(C)c1cc(-c2cccc(-c3ccc(F)cc3)c2)c2nc(-c3ccccc3N=Cc3cccc4ccccc34)sc2c1. The zero-order valence-corrected chi connectivity index (χ0v) is 25.7. The third kappa shape index (κ3) is 5.45. The number of rotatable bonds is 5. The van der Waals surface area contributed by atoms with E-state index < -0.39 is 0 Å². The maximum atomic E-state index is 13.6. The Morgan fingerprint density at radius 1 is 0.682 bits per heavy atom. The van der Waals surface area contributed by atoms with Crippen molar-refractivity contribution in [3.8, 4) is 32.8 Å². The van der Waals surface area contributed by atoms with Crippen LogP contribution in [0.3, 0.4) is 0 Å². The quantitative estimate of drug-likeness (QED) is 0.183. The second kappa shape index (κ2) is 11.3. The predicted molar refractivity (Wildman–Crippen MR) is 186 cm³/mol. The van der Waals surface area contributed by atoms with Crippen molar-refractivity contribution in [3.05, 3.63) is 144 Å². The van der Waals surface area contributed by atoms with Gasteiger partial charge < -0.3 is 0 Å². The molecule has 0 fully saturated rings. The average molecular weight is 591 g/mol. The molecule has 0 aliphatic rings. The number of hydrogen-bond donors (Lipinski definition) is 0. The Morgan fingerprint density at radius 2 is 1.41 bits per heavy atom. The van der Waals surface area contributed by atoms with Gasteiger partial charge in [-0.25, -0.2) is 9.37 Å². The van der Waals surface area contributed by atoms with E-state index in [1.165, 1.54) is 28.5 Å². The number of halogens is 1. The van der Waals surface area contributed by atoms with Crippen LogP contribution in [0, 0.1) is 5.82 Å². The molecule has 6 aromatic carbocycles. The molecule has 0 atom stereocenters. The van der Waals surface area contributed by atoms with Crippen LogP contribution in [-0.4, -0.2) is 11.2 Å². The van der Waals surface area contributed by atoms with Crippen molar-refractivity contribution < 1.29 is 4.39 Å². The third-order valence-corrected chi connectivity index (χ3v) is 9.05. The largest absolute Gasteiger partial charge is 0.256 e. The molecule has 0 unspecified atom stereocenters. The molecule has 0 aliphatic carbocycles. The molecule has 0 saturated carbocycles. The lowest BCUT2D eigenvalue weighted by atomic mass is 9.85. The summed E-state index contributed by atoms with van der Waals surface area (Å²) in [4.78, 5) is 10.2. The van der Waals surface area contributed by atoms with E-state index in [1.807, 2.05) is 30.5 Å². The van der Waals surface area contributed by atoms with Gasteiger partial charge in [0.25, 0.3) is 0 Å². The van der Waals surface area contributed by atoms with Crippen molar-refractivity contribution in [2.75, 3.05) is 0 Å². The molecule has 0 aliphatic heterocycles. The van der Waals surface area contributed by atoms with Crippen LogP contribution in [0.2, 0.25) is 0 Å². The zero-order valence-electron chi connectivity index (χ0n) is 24.9. The van der Waals surface area contributed by atoms with Crippen LogP contribution in [0.5, 0.6) is 0 Å². The molecule has 7 rings (SSSR count). The van der Waals surface area contributed by atoms with Gasteiger partial charge in [0.15, 0.2) is 0 Å². The number of para-hydroxylation sites is 1. The molecule has 44 heavy (non-hydrogen) atoms. The number of fused-ring (bicyclic) bond motifs is 2. The van der Waals surface area contributed by atoms with Gasteiger partial charge >= 0.3 is 0 Å². The Bertz CT molecular complexity index is 2160. The van der Waals surface area contributed by atoms with Crippen molar-refractivity contribution >= 4 is 44.2 Å². The van der Waals surface area contributed by atoms with Crippen molar-refractivity contribution in [1.82, 2.24) is 4.98 Å². The van der Waals surface area contributed by atoms with Gasteiger partial charge in [0.1, 0.15) is 10.8 Å². The van der Waals surface area contributed by atoms with Crippen LogP contribution in [0.1, 0.15) is 31.9 Å². The van der Waals surface area contributed by atoms with Gasteiger partial charge in [-0.2, -0.15) is 0 Å². The van der Waals surface area contributed by atoms with E-state index >= 15 is 0 Å². The summed E-state index contributed by atoms with van der Waals surface area (Å²) < 4.78 is 14.8. The fourth-order valence-electron chi connectivity index (χ4n) is 5.58. The van der Waals surface area contributed by atoms with Crippen molar-refractivity contribution in [1.29, 1.82) is 0 Å². The fraction of sp³-hybridized carbons (Fsp3) is 0.100. The summed E-state index contributed by atoms with van der Waals surface area (Å²) in [6, 6.07) is 42.6. The lowest BCUT2D eigenvalue weighted by Gasteiger charge is -2.20. The molecule has 0 N–H and O–H groups in total. The smallest absolute Gasteiger partial charge is 0.126 e. The highest BCUT2D eigenvalue weighted by atomic mass is 32.1. The van der Waals surface area contributed by atoms with Gasteiger partial charge in [-0.15, -0.1) is 11.3 Å². The average Bonchev–Trinajstić information content (AvgIpc) is 3.48. The summed E-state index contributed by atoms with van der Waals surface area (Å²) in [5.41, 5.74) is 9.37. The number of benzene rings is 6. The first-order valence-corrected chi connectivity index (χ1v) is 15.6. The lowest BCUT2D eigenvalue weighted by Crippen LogP contribution is -2.11. The molecule has 0 spiro atoms. The number of aromatic nitrogens is 1. The Hall–Kier alpha value is -4.93.